The first-order valence-electron chi connectivity index (χ1n) is 12.6. The van der Waals surface area contributed by atoms with Crippen molar-refractivity contribution in [3.05, 3.63) is 82.9 Å². The molecule has 1 aliphatic heterocycles. The summed E-state index contributed by atoms with van der Waals surface area (Å²) in [6.45, 7) is 3.57. The van der Waals surface area contributed by atoms with Crippen molar-refractivity contribution in [2.24, 2.45) is 5.73 Å². The SMILES string of the molecule is CC(C)(N)C(=O)N[C@H](COCc1ccccc1)c1nnc2n1CCN(C(=O)OCc1ccccc1C(F)(F)F)C2. The molecule has 13 heteroatoms. The number of aromatic nitrogens is 3. The molecule has 1 aliphatic rings. The molecule has 1 atom stereocenters. The molecule has 0 saturated heterocycles. The third-order valence-electron chi connectivity index (χ3n) is 6.31. The van der Waals surface area contributed by atoms with E-state index in [0.717, 1.165) is 11.6 Å². The van der Waals surface area contributed by atoms with Crippen LogP contribution in [0.2, 0.25) is 0 Å². The van der Waals surface area contributed by atoms with Gasteiger partial charge >= 0.3 is 12.3 Å². The lowest BCUT2D eigenvalue weighted by Gasteiger charge is -2.29. The molecule has 3 N–H and O–H groups in total. The number of hydrogen-bond donors (Lipinski definition) is 2. The Morgan fingerprint density at radius 3 is 2.42 bits per heavy atom. The Balaban J connectivity index is 1.43. The quantitative estimate of drug-likeness (QED) is 0.410. The van der Waals surface area contributed by atoms with Gasteiger partial charge in [-0.05, 0) is 25.5 Å². The highest BCUT2D eigenvalue weighted by Crippen LogP contribution is 2.32. The van der Waals surface area contributed by atoms with Crippen LogP contribution in [0, 0.1) is 0 Å². The van der Waals surface area contributed by atoms with Gasteiger partial charge in [-0.1, -0.05) is 48.5 Å². The van der Waals surface area contributed by atoms with E-state index < -0.39 is 41.9 Å². The Hall–Kier alpha value is -3.97. The molecular weight excluding hydrogens is 529 g/mol. The number of ether oxygens (including phenoxy) is 2. The van der Waals surface area contributed by atoms with Crippen molar-refractivity contribution in [1.29, 1.82) is 0 Å². The van der Waals surface area contributed by atoms with Gasteiger partial charge in [0.25, 0.3) is 0 Å². The largest absolute Gasteiger partial charge is 0.445 e. The Morgan fingerprint density at radius 2 is 1.73 bits per heavy atom. The summed E-state index contributed by atoms with van der Waals surface area (Å²) >= 11 is 0. The lowest BCUT2D eigenvalue weighted by molar-refractivity contribution is -0.138. The molecule has 0 aliphatic carbocycles. The van der Waals surface area contributed by atoms with E-state index in [2.05, 4.69) is 15.5 Å². The molecule has 10 nitrogen and oxygen atoms in total. The number of nitrogens with two attached hydrogens (primary N) is 1. The molecular formula is C27H31F3N6O4. The van der Waals surface area contributed by atoms with Crippen LogP contribution in [0.5, 0.6) is 0 Å². The monoisotopic (exact) mass is 560 g/mol. The van der Waals surface area contributed by atoms with Crippen LogP contribution in [0.3, 0.4) is 0 Å². The highest BCUT2D eigenvalue weighted by atomic mass is 19.4. The number of benzene rings is 2. The Bertz CT molecular complexity index is 1320. The van der Waals surface area contributed by atoms with Crippen LogP contribution in [0.1, 0.15) is 48.2 Å². The maximum Gasteiger partial charge on any atom is 0.416 e. The van der Waals surface area contributed by atoms with Crippen molar-refractivity contribution >= 4 is 12.0 Å². The average Bonchev–Trinajstić information content (AvgIpc) is 3.34. The topological polar surface area (TPSA) is 125 Å². The van der Waals surface area contributed by atoms with E-state index in [1.165, 1.54) is 23.1 Å². The maximum absolute atomic E-state index is 13.3. The number of halogens is 3. The third-order valence-corrected chi connectivity index (χ3v) is 6.31. The first kappa shape index (κ1) is 29.0. The second-order valence-electron chi connectivity index (χ2n) is 10.0. The summed E-state index contributed by atoms with van der Waals surface area (Å²) in [6.07, 6.45) is -5.33. The number of nitrogens with zero attached hydrogens (tertiary/aromatic N) is 4. The van der Waals surface area contributed by atoms with Crippen LogP contribution in [-0.4, -0.2) is 50.4 Å². The van der Waals surface area contributed by atoms with Gasteiger partial charge in [-0.25, -0.2) is 4.79 Å². The fourth-order valence-corrected chi connectivity index (χ4v) is 4.14. The molecule has 0 unspecified atom stereocenters. The fourth-order valence-electron chi connectivity index (χ4n) is 4.14. The predicted octanol–water partition coefficient (Wildman–Crippen LogP) is 3.56. The van der Waals surface area contributed by atoms with E-state index in [1.807, 2.05) is 30.3 Å². The molecule has 0 radical (unpaired) electrons. The van der Waals surface area contributed by atoms with Crippen LogP contribution < -0.4 is 11.1 Å². The summed E-state index contributed by atoms with van der Waals surface area (Å²) < 4.78 is 52.6. The molecule has 4 rings (SSSR count). The number of fused-ring (bicyclic) bond motifs is 1. The molecule has 214 valence electrons. The standard InChI is InChI=1S/C27H31F3N6O4/c1-26(2,31)24(37)32-21(17-39-15-18-8-4-3-5-9-18)23-34-33-22-14-35(12-13-36(22)23)25(38)40-16-19-10-6-7-11-20(19)27(28,29)30/h3-11,21H,12-17,31H2,1-2H3,(H,32,37)/t21-/m1/s1. The molecule has 1 aromatic heterocycles. The zero-order chi connectivity index (χ0) is 28.9. The molecule has 0 saturated carbocycles. The molecule has 2 amide bonds. The van der Waals surface area contributed by atoms with Gasteiger partial charge < -0.3 is 25.1 Å². The Kier molecular flexibility index (Phi) is 8.74. The molecule has 40 heavy (non-hydrogen) atoms. The van der Waals surface area contributed by atoms with Gasteiger partial charge in [-0.15, -0.1) is 10.2 Å². The number of hydrogen-bond acceptors (Lipinski definition) is 7. The van der Waals surface area contributed by atoms with Crippen LogP contribution in [0.15, 0.2) is 54.6 Å². The van der Waals surface area contributed by atoms with Gasteiger partial charge in [0, 0.05) is 18.7 Å². The summed E-state index contributed by atoms with van der Waals surface area (Å²) in [6, 6.07) is 13.8. The number of rotatable bonds is 9. The molecule has 2 aromatic carbocycles. The summed E-state index contributed by atoms with van der Waals surface area (Å²) in [4.78, 5) is 26.7. The van der Waals surface area contributed by atoms with E-state index in [1.54, 1.807) is 18.4 Å². The third kappa shape index (κ3) is 7.16. The first-order valence-corrected chi connectivity index (χ1v) is 12.6. The number of nitrogens with one attached hydrogen (secondary N) is 1. The highest BCUT2D eigenvalue weighted by Gasteiger charge is 2.34. The predicted molar refractivity (Wildman–Crippen MR) is 137 cm³/mol. The molecule has 2 heterocycles. The van der Waals surface area contributed by atoms with E-state index in [0.29, 0.717) is 18.3 Å². The fraction of sp³-hybridized carbons (Fsp3) is 0.407. The van der Waals surface area contributed by atoms with Crippen LogP contribution in [0.4, 0.5) is 18.0 Å². The van der Waals surface area contributed by atoms with Gasteiger partial charge in [0.15, 0.2) is 11.6 Å². The minimum absolute atomic E-state index is 0.0284. The summed E-state index contributed by atoms with van der Waals surface area (Å²) in [5.74, 6) is 0.467. The Labute approximate surface area is 229 Å². The van der Waals surface area contributed by atoms with Crippen molar-refractivity contribution in [1.82, 2.24) is 25.0 Å². The van der Waals surface area contributed by atoms with Crippen LogP contribution >= 0.6 is 0 Å². The van der Waals surface area contributed by atoms with Gasteiger partial charge in [0.05, 0.1) is 30.9 Å². The average molecular weight is 561 g/mol. The lowest BCUT2D eigenvalue weighted by atomic mass is 10.1. The van der Waals surface area contributed by atoms with E-state index in [4.69, 9.17) is 15.2 Å². The van der Waals surface area contributed by atoms with E-state index >= 15 is 0 Å². The van der Waals surface area contributed by atoms with E-state index in [9.17, 15) is 22.8 Å². The van der Waals surface area contributed by atoms with Crippen molar-refractivity contribution < 1.29 is 32.2 Å². The first-order chi connectivity index (χ1) is 18.9. The highest BCUT2D eigenvalue weighted by molar-refractivity contribution is 5.85. The summed E-state index contributed by atoms with van der Waals surface area (Å²) in [5.41, 5.74) is 4.80. The molecule has 3 aromatic rings. The smallest absolute Gasteiger partial charge is 0.416 e. The van der Waals surface area contributed by atoms with Crippen LogP contribution in [-0.2, 0) is 46.7 Å². The minimum atomic E-state index is -4.56. The normalized spacial score (nSPS) is 14.4. The van der Waals surface area contributed by atoms with Crippen LogP contribution in [0.25, 0.3) is 0 Å². The lowest BCUT2D eigenvalue weighted by Crippen LogP contribution is -2.51. The second kappa shape index (κ2) is 12.0. The van der Waals surface area contributed by atoms with E-state index in [-0.39, 0.29) is 31.8 Å². The number of carbonyl (C=O) groups is 2. The maximum atomic E-state index is 13.3. The second-order valence-corrected chi connectivity index (χ2v) is 10.0. The zero-order valence-corrected chi connectivity index (χ0v) is 22.1. The Morgan fingerprint density at radius 1 is 1.02 bits per heavy atom. The molecule has 0 bridgehead atoms. The van der Waals surface area contributed by atoms with Gasteiger partial charge in [-0.3, -0.25) is 9.69 Å². The van der Waals surface area contributed by atoms with Crippen molar-refractivity contribution in [3.63, 3.8) is 0 Å². The number of alkyl halides is 3. The van der Waals surface area contributed by atoms with Gasteiger partial charge in [0.1, 0.15) is 12.6 Å². The van der Waals surface area contributed by atoms with Gasteiger partial charge in [0.2, 0.25) is 5.91 Å². The minimum Gasteiger partial charge on any atom is -0.445 e. The molecule has 0 fully saturated rings. The number of carbonyl (C=O) groups excluding carboxylic acids is 2. The van der Waals surface area contributed by atoms with Crippen molar-refractivity contribution in [2.75, 3.05) is 13.2 Å². The van der Waals surface area contributed by atoms with Crippen molar-refractivity contribution in [3.8, 4) is 0 Å². The summed E-state index contributed by atoms with van der Waals surface area (Å²) in [5, 5.41) is 11.3. The zero-order valence-electron chi connectivity index (χ0n) is 22.1. The van der Waals surface area contributed by atoms with Gasteiger partial charge in [-0.2, -0.15) is 13.2 Å². The number of amides is 2. The summed E-state index contributed by atoms with van der Waals surface area (Å²) in [7, 11) is 0. The molecule has 0 spiro atoms. The van der Waals surface area contributed by atoms with Crippen molar-refractivity contribution in [2.45, 2.75) is 57.9 Å².